The Kier molecular flexibility index (Phi) is 3.82. The zero-order chi connectivity index (χ0) is 12.3. The monoisotopic (exact) mass is 231 g/mol. The molecule has 2 unspecified atom stereocenters. The van der Waals surface area contributed by atoms with Crippen molar-refractivity contribution in [3.8, 4) is 0 Å². The number of para-hydroxylation sites is 1. The minimum Gasteiger partial charge on any atom is -0.361 e. The Morgan fingerprint density at radius 2 is 2.06 bits per heavy atom. The van der Waals surface area contributed by atoms with Gasteiger partial charge in [-0.1, -0.05) is 18.2 Å². The summed E-state index contributed by atoms with van der Waals surface area (Å²) in [6.45, 7) is 2.06. The molecule has 3 heteroatoms. The predicted octanol–water partition coefficient (Wildman–Crippen LogP) is 2.56. The largest absolute Gasteiger partial charge is 0.361 e. The van der Waals surface area contributed by atoms with Crippen LogP contribution in [0.3, 0.4) is 0 Å². The van der Waals surface area contributed by atoms with E-state index in [-0.39, 0.29) is 6.04 Å². The van der Waals surface area contributed by atoms with Gasteiger partial charge >= 0.3 is 0 Å². The Balaban J connectivity index is 2.24. The topological polar surface area (TPSA) is 53.8 Å². The van der Waals surface area contributed by atoms with Crippen LogP contribution in [0.1, 0.15) is 31.4 Å². The van der Waals surface area contributed by atoms with Crippen molar-refractivity contribution in [2.45, 2.75) is 31.8 Å². The first-order valence-corrected chi connectivity index (χ1v) is 6.21. The summed E-state index contributed by atoms with van der Waals surface area (Å²) in [5.74, 6) is 0. The molecule has 1 aromatic carbocycles. The number of aromatic amines is 1. The summed E-state index contributed by atoms with van der Waals surface area (Å²) < 4.78 is 0. The Morgan fingerprint density at radius 1 is 1.29 bits per heavy atom. The molecule has 0 aliphatic heterocycles. The molecule has 17 heavy (non-hydrogen) atoms. The Labute approximate surface area is 102 Å². The maximum atomic E-state index is 5.83. The molecular weight excluding hydrogens is 210 g/mol. The molecule has 0 aliphatic carbocycles. The Bertz CT molecular complexity index is 473. The van der Waals surface area contributed by atoms with Crippen molar-refractivity contribution in [2.24, 2.45) is 5.73 Å². The summed E-state index contributed by atoms with van der Waals surface area (Å²) in [6.07, 6.45) is 4.20. The lowest BCUT2D eigenvalue weighted by atomic mass is 9.99. The van der Waals surface area contributed by atoms with E-state index in [0.29, 0.717) is 6.04 Å². The van der Waals surface area contributed by atoms with E-state index in [1.807, 2.05) is 7.05 Å². The highest BCUT2D eigenvalue weighted by Crippen LogP contribution is 2.26. The molecule has 0 fully saturated rings. The fourth-order valence-electron chi connectivity index (χ4n) is 2.27. The van der Waals surface area contributed by atoms with E-state index in [1.54, 1.807) is 0 Å². The van der Waals surface area contributed by atoms with Crippen molar-refractivity contribution in [3.05, 3.63) is 36.0 Å². The number of H-pyrrole nitrogens is 1. The first kappa shape index (κ1) is 12.1. The van der Waals surface area contributed by atoms with Crippen LogP contribution in [0.15, 0.2) is 30.5 Å². The summed E-state index contributed by atoms with van der Waals surface area (Å²) in [5, 5.41) is 4.68. The van der Waals surface area contributed by atoms with Gasteiger partial charge in [0.15, 0.2) is 0 Å². The average molecular weight is 231 g/mol. The van der Waals surface area contributed by atoms with Gasteiger partial charge < -0.3 is 16.0 Å². The molecule has 0 spiro atoms. The van der Waals surface area contributed by atoms with E-state index < -0.39 is 0 Å². The van der Waals surface area contributed by atoms with E-state index in [1.165, 1.54) is 16.5 Å². The van der Waals surface area contributed by atoms with Crippen LogP contribution in [-0.4, -0.2) is 18.1 Å². The lowest BCUT2D eigenvalue weighted by Gasteiger charge is -2.16. The molecule has 0 radical (unpaired) electrons. The van der Waals surface area contributed by atoms with Crippen molar-refractivity contribution >= 4 is 10.9 Å². The summed E-state index contributed by atoms with van der Waals surface area (Å²) in [7, 11) is 2.01. The van der Waals surface area contributed by atoms with E-state index in [4.69, 9.17) is 5.73 Å². The van der Waals surface area contributed by atoms with Gasteiger partial charge in [-0.05, 0) is 38.4 Å². The number of hydrogen-bond donors (Lipinski definition) is 3. The fraction of sp³-hybridized carbons (Fsp3) is 0.429. The zero-order valence-electron chi connectivity index (χ0n) is 10.5. The molecule has 0 saturated carbocycles. The minimum absolute atomic E-state index is 0.260. The van der Waals surface area contributed by atoms with E-state index in [0.717, 1.165) is 12.8 Å². The number of nitrogens with one attached hydrogen (secondary N) is 2. The number of hydrogen-bond acceptors (Lipinski definition) is 2. The lowest BCUT2D eigenvalue weighted by Crippen LogP contribution is -2.21. The summed E-state index contributed by atoms with van der Waals surface area (Å²) in [6, 6.07) is 9.04. The molecule has 0 saturated heterocycles. The molecule has 2 atom stereocenters. The lowest BCUT2D eigenvalue weighted by molar-refractivity contribution is 0.499. The maximum absolute atomic E-state index is 5.83. The minimum atomic E-state index is 0.260. The van der Waals surface area contributed by atoms with Crippen molar-refractivity contribution < 1.29 is 0 Å². The van der Waals surface area contributed by atoms with Crippen LogP contribution < -0.4 is 11.1 Å². The summed E-state index contributed by atoms with van der Waals surface area (Å²) in [4.78, 5) is 3.32. The molecule has 1 aromatic heterocycles. The van der Waals surface area contributed by atoms with E-state index in [2.05, 4.69) is 47.7 Å². The number of nitrogens with two attached hydrogens (primary N) is 1. The molecule has 0 aliphatic rings. The van der Waals surface area contributed by atoms with Crippen molar-refractivity contribution in [1.29, 1.82) is 0 Å². The number of benzene rings is 1. The van der Waals surface area contributed by atoms with Crippen LogP contribution in [0.5, 0.6) is 0 Å². The maximum Gasteiger partial charge on any atom is 0.0457 e. The molecule has 0 bridgehead atoms. The van der Waals surface area contributed by atoms with Gasteiger partial charge in [0.1, 0.15) is 0 Å². The van der Waals surface area contributed by atoms with Crippen LogP contribution >= 0.6 is 0 Å². The molecule has 1 heterocycles. The highest BCUT2D eigenvalue weighted by Gasteiger charge is 2.14. The fourth-order valence-corrected chi connectivity index (χ4v) is 2.27. The molecule has 3 nitrogen and oxygen atoms in total. The SMILES string of the molecule is CNC(CCC(C)N)c1c[nH]c2ccccc12. The second-order valence-corrected chi connectivity index (χ2v) is 4.69. The first-order valence-electron chi connectivity index (χ1n) is 6.21. The van der Waals surface area contributed by atoms with Gasteiger partial charge in [-0.3, -0.25) is 0 Å². The Morgan fingerprint density at radius 3 is 2.76 bits per heavy atom. The van der Waals surface area contributed by atoms with Crippen LogP contribution in [0.2, 0.25) is 0 Å². The second-order valence-electron chi connectivity index (χ2n) is 4.69. The summed E-state index contributed by atoms with van der Waals surface area (Å²) in [5.41, 5.74) is 8.36. The van der Waals surface area contributed by atoms with Gasteiger partial charge in [-0.15, -0.1) is 0 Å². The predicted molar refractivity (Wildman–Crippen MR) is 73.0 cm³/mol. The number of fused-ring (bicyclic) bond motifs is 1. The number of rotatable bonds is 5. The normalized spacial score (nSPS) is 15.0. The van der Waals surface area contributed by atoms with Crippen molar-refractivity contribution in [1.82, 2.24) is 10.3 Å². The van der Waals surface area contributed by atoms with Gasteiger partial charge in [-0.25, -0.2) is 0 Å². The third-order valence-electron chi connectivity index (χ3n) is 3.26. The van der Waals surface area contributed by atoms with Crippen molar-refractivity contribution in [3.63, 3.8) is 0 Å². The van der Waals surface area contributed by atoms with E-state index >= 15 is 0 Å². The van der Waals surface area contributed by atoms with Crippen LogP contribution in [0, 0.1) is 0 Å². The van der Waals surface area contributed by atoms with Gasteiger partial charge in [0.25, 0.3) is 0 Å². The molecule has 4 N–H and O–H groups in total. The molecule has 2 rings (SSSR count). The van der Waals surface area contributed by atoms with Gasteiger partial charge in [0, 0.05) is 29.2 Å². The Hall–Kier alpha value is -1.32. The molecule has 92 valence electrons. The van der Waals surface area contributed by atoms with Gasteiger partial charge in [0.05, 0.1) is 0 Å². The quantitative estimate of drug-likeness (QED) is 0.740. The first-order chi connectivity index (χ1) is 8.22. The highest BCUT2D eigenvalue weighted by molar-refractivity contribution is 5.83. The summed E-state index contributed by atoms with van der Waals surface area (Å²) >= 11 is 0. The zero-order valence-corrected chi connectivity index (χ0v) is 10.5. The number of aromatic nitrogens is 1. The molecule has 2 aromatic rings. The molecule has 0 amide bonds. The molecular formula is C14H21N3. The van der Waals surface area contributed by atoms with Gasteiger partial charge in [-0.2, -0.15) is 0 Å². The van der Waals surface area contributed by atoms with E-state index in [9.17, 15) is 0 Å². The second kappa shape index (κ2) is 5.34. The standard InChI is InChI=1S/C14H21N3/c1-10(15)7-8-13(16-2)12-9-17-14-6-4-3-5-11(12)14/h3-6,9-10,13,16-17H,7-8,15H2,1-2H3. The van der Waals surface area contributed by atoms with Crippen LogP contribution in [0.25, 0.3) is 10.9 Å². The van der Waals surface area contributed by atoms with Gasteiger partial charge in [0.2, 0.25) is 0 Å². The van der Waals surface area contributed by atoms with Crippen LogP contribution in [0.4, 0.5) is 0 Å². The smallest absolute Gasteiger partial charge is 0.0457 e. The third kappa shape index (κ3) is 2.68. The van der Waals surface area contributed by atoms with Crippen molar-refractivity contribution in [2.75, 3.05) is 7.05 Å². The van der Waals surface area contributed by atoms with Crippen LogP contribution in [-0.2, 0) is 0 Å². The third-order valence-corrected chi connectivity index (χ3v) is 3.26. The highest BCUT2D eigenvalue weighted by atomic mass is 14.9. The average Bonchev–Trinajstić information content (AvgIpc) is 2.74.